The van der Waals surface area contributed by atoms with Crippen molar-refractivity contribution in [3.8, 4) is 11.5 Å². The van der Waals surface area contributed by atoms with Crippen molar-refractivity contribution in [1.82, 2.24) is 9.55 Å². The zero-order chi connectivity index (χ0) is 30.7. The van der Waals surface area contributed by atoms with E-state index in [1.54, 1.807) is 35.0 Å². The summed E-state index contributed by atoms with van der Waals surface area (Å²) in [6, 6.07) is 11.1. The molecule has 0 radical (unpaired) electrons. The fraction of sp³-hybridized carbons (Fsp3) is 0.310. The van der Waals surface area contributed by atoms with Gasteiger partial charge in [0.15, 0.2) is 11.5 Å². The fourth-order valence-electron chi connectivity index (χ4n) is 4.52. The first-order valence-electron chi connectivity index (χ1n) is 13.2. The van der Waals surface area contributed by atoms with Crippen molar-refractivity contribution in [3.63, 3.8) is 0 Å². The lowest BCUT2D eigenvalue weighted by Crippen LogP contribution is -2.19. The molecule has 4 aromatic rings. The van der Waals surface area contributed by atoms with Crippen LogP contribution in [0.25, 0.3) is 10.9 Å². The van der Waals surface area contributed by atoms with E-state index in [2.05, 4.69) is 14.4 Å². The molecule has 1 saturated carbocycles. The zero-order valence-electron chi connectivity index (χ0n) is 22.8. The van der Waals surface area contributed by atoms with Crippen molar-refractivity contribution in [2.45, 2.75) is 38.5 Å². The van der Waals surface area contributed by atoms with Gasteiger partial charge in [0.05, 0.1) is 22.9 Å². The summed E-state index contributed by atoms with van der Waals surface area (Å²) < 4.78 is 69.9. The molecule has 9 nitrogen and oxygen atoms in total. The predicted octanol–water partition coefficient (Wildman–Crippen LogP) is 6.63. The average Bonchev–Trinajstić information content (AvgIpc) is 3.68. The maximum atomic E-state index is 13.3. The monoisotopic (exact) mass is 653 g/mol. The first kappa shape index (κ1) is 30.8. The summed E-state index contributed by atoms with van der Waals surface area (Å²) in [6.45, 7) is -2.88. The Morgan fingerprint density at radius 3 is 2.51 bits per heavy atom. The number of carbonyl (C=O) groups excluding carboxylic acids is 1. The lowest BCUT2D eigenvalue weighted by Gasteiger charge is -2.22. The quantitative estimate of drug-likeness (QED) is 0.161. The lowest BCUT2D eigenvalue weighted by atomic mass is 10.0. The highest BCUT2D eigenvalue weighted by molar-refractivity contribution is 7.92. The molecule has 0 aliphatic heterocycles. The molecule has 1 atom stereocenters. The Labute approximate surface area is 256 Å². The summed E-state index contributed by atoms with van der Waals surface area (Å²) in [6.07, 6.45) is 6.71. The number of benzene rings is 2. The molecule has 14 heteroatoms. The van der Waals surface area contributed by atoms with Gasteiger partial charge in [-0.3, -0.25) is 14.5 Å². The summed E-state index contributed by atoms with van der Waals surface area (Å²) in [5.74, 6) is -0.281. The van der Waals surface area contributed by atoms with Crippen molar-refractivity contribution in [1.29, 1.82) is 0 Å². The van der Waals surface area contributed by atoms with Crippen LogP contribution in [-0.2, 0) is 32.5 Å². The zero-order valence-corrected chi connectivity index (χ0v) is 25.1. The van der Waals surface area contributed by atoms with Gasteiger partial charge in [-0.25, -0.2) is 8.42 Å². The van der Waals surface area contributed by atoms with Crippen LogP contribution in [0.2, 0.25) is 10.0 Å². The number of halogens is 4. The molecule has 2 aromatic heterocycles. The number of nitrogens with zero attached hydrogens (tertiary/aromatic N) is 2. The molecule has 1 fully saturated rings. The second-order valence-electron chi connectivity index (χ2n) is 10.2. The molecule has 2 aromatic carbocycles. The van der Waals surface area contributed by atoms with Crippen LogP contribution in [0.5, 0.6) is 11.5 Å². The second-order valence-corrected chi connectivity index (χ2v) is 12.8. The highest BCUT2D eigenvalue weighted by Crippen LogP contribution is 2.38. The molecule has 0 spiro atoms. The van der Waals surface area contributed by atoms with E-state index < -0.39 is 28.7 Å². The van der Waals surface area contributed by atoms with Crippen molar-refractivity contribution < 1.29 is 36.2 Å². The van der Waals surface area contributed by atoms with Crippen molar-refractivity contribution >= 4 is 55.8 Å². The van der Waals surface area contributed by atoms with E-state index >= 15 is 0 Å². The third-order valence-corrected chi connectivity index (χ3v) is 7.97. The van der Waals surface area contributed by atoms with Crippen LogP contribution in [0.1, 0.15) is 30.1 Å². The number of nitrogens with one attached hydrogen (secondary N) is 1. The highest BCUT2D eigenvalue weighted by atomic mass is 35.5. The molecule has 5 rings (SSSR count). The third-order valence-electron chi connectivity index (χ3n) is 6.72. The van der Waals surface area contributed by atoms with E-state index in [1.165, 1.54) is 30.6 Å². The van der Waals surface area contributed by atoms with Crippen molar-refractivity contribution in [2.75, 3.05) is 17.6 Å². The van der Waals surface area contributed by atoms with Gasteiger partial charge < -0.3 is 18.8 Å². The standard InChI is InChI=1S/C29H27Cl2F2N3O6S/c1-43(38,39)35-20-5-6-24-18(10-20)8-9-36(24)15-28(37)41-26(12-21-22(30)13-34-14-23(21)31)19-4-7-25(42-29(32)33)27(11-19)40-16-17-2-3-17/h4-11,13-14,17,26,29,35H,2-3,12,15-16H2,1H3. The molecule has 0 bridgehead atoms. The Morgan fingerprint density at radius 2 is 1.84 bits per heavy atom. The normalized spacial score (nSPS) is 14.1. The van der Waals surface area contributed by atoms with Crippen LogP contribution in [0.15, 0.2) is 61.1 Å². The van der Waals surface area contributed by atoms with E-state index in [9.17, 15) is 22.0 Å². The van der Waals surface area contributed by atoms with E-state index in [0.29, 0.717) is 40.2 Å². The number of ether oxygens (including phenoxy) is 3. The largest absolute Gasteiger partial charge is 0.489 e. The Balaban J connectivity index is 1.42. The number of rotatable bonds is 13. The highest BCUT2D eigenvalue weighted by Gasteiger charge is 2.26. The van der Waals surface area contributed by atoms with Crippen LogP contribution in [-0.4, -0.2) is 43.4 Å². The van der Waals surface area contributed by atoms with Gasteiger partial charge in [-0.1, -0.05) is 29.3 Å². The molecule has 1 aliphatic carbocycles. The van der Waals surface area contributed by atoms with Gasteiger partial charge >= 0.3 is 12.6 Å². The van der Waals surface area contributed by atoms with Gasteiger partial charge in [0.2, 0.25) is 10.0 Å². The van der Waals surface area contributed by atoms with E-state index in [-0.39, 0.29) is 34.5 Å². The Morgan fingerprint density at radius 1 is 1.09 bits per heavy atom. The first-order chi connectivity index (χ1) is 20.4. The molecule has 0 amide bonds. The summed E-state index contributed by atoms with van der Waals surface area (Å²) in [7, 11) is -3.45. The minimum Gasteiger partial charge on any atom is -0.489 e. The molecule has 228 valence electrons. The molecule has 1 unspecified atom stereocenters. The fourth-order valence-corrected chi connectivity index (χ4v) is 5.59. The number of hydrogen-bond acceptors (Lipinski definition) is 7. The van der Waals surface area contributed by atoms with Gasteiger partial charge in [0, 0.05) is 41.6 Å². The number of pyridine rings is 1. The maximum Gasteiger partial charge on any atom is 0.387 e. The predicted molar refractivity (Wildman–Crippen MR) is 158 cm³/mol. The van der Waals surface area contributed by atoms with Crippen LogP contribution >= 0.6 is 23.2 Å². The average molecular weight is 655 g/mol. The molecule has 0 saturated heterocycles. The number of aromatic nitrogens is 2. The van der Waals surface area contributed by atoms with Crippen LogP contribution in [0.3, 0.4) is 0 Å². The van der Waals surface area contributed by atoms with E-state index in [1.807, 2.05) is 0 Å². The number of hydrogen-bond donors (Lipinski definition) is 1. The third kappa shape index (κ3) is 8.27. The topological polar surface area (TPSA) is 109 Å². The van der Waals surface area contributed by atoms with Gasteiger partial charge in [-0.05, 0) is 66.3 Å². The molecule has 43 heavy (non-hydrogen) atoms. The van der Waals surface area contributed by atoms with Gasteiger partial charge in [0.25, 0.3) is 0 Å². The summed E-state index contributed by atoms with van der Waals surface area (Å²) in [5.41, 5.74) is 2.01. The van der Waals surface area contributed by atoms with Gasteiger partial charge in [-0.2, -0.15) is 8.78 Å². The number of sulfonamides is 1. The lowest BCUT2D eigenvalue weighted by molar-refractivity contribution is -0.150. The number of anilines is 1. The Kier molecular flexibility index (Phi) is 9.28. The molecule has 1 N–H and O–H groups in total. The van der Waals surface area contributed by atoms with E-state index in [0.717, 1.165) is 19.1 Å². The Hall–Kier alpha value is -3.61. The molecule has 2 heterocycles. The minimum absolute atomic E-state index is 0.0655. The molecular weight excluding hydrogens is 627 g/mol. The second kappa shape index (κ2) is 12.9. The van der Waals surface area contributed by atoms with Crippen molar-refractivity contribution in [2.24, 2.45) is 5.92 Å². The van der Waals surface area contributed by atoms with Crippen LogP contribution < -0.4 is 14.2 Å². The van der Waals surface area contributed by atoms with Gasteiger partial charge in [0.1, 0.15) is 12.6 Å². The van der Waals surface area contributed by atoms with Crippen molar-refractivity contribution in [3.05, 3.63) is 82.2 Å². The number of carbonyl (C=O) groups is 1. The SMILES string of the molecule is CS(=O)(=O)Nc1ccc2c(ccn2CC(=O)OC(Cc2c(Cl)cncc2Cl)c2ccc(OC(F)F)c(OCC3CC3)c2)c1. The Bertz CT molecular complexity index is 1730. The minimum atomic E-state index is -3.45. The number of fused-ring (bicyclic) bond motifs is 1. The van der Waals surface area contributed by atoms with Crippen LogP contribution in [0, 0.1) is 5.92 Å². The summed E-state index contributed by atoms with van der Waals surface area (Å²) in [5, 5.41) is 1.25. The first-order valence-corrected chi connectivity index (χ1v) is 15.9. The summed E-state index contributed by atoms with van der Waals surface area (Å²) in [4.78, 5) is 17.3. The van der Waals surface area contributed by atoms with Crippen LogP contribution in [0.4, 0.5) is 14.5 Å². The maximum absolute atomic E-state index is 13.3. The number of alkyl halides is 2. The number of esters is 1. The van der Waals surface area contributed by atoms with Gasteiger partial charge in [-0.15, -0.1) is 0 Å². The molecule has 1 aliphatic rings. The summed E-state index contributed by atoms with van der Waals surface area (Å²) >= 11 is 12.7. The molecular formula is C29H27Cl2F2N3O6S. The van der Waals surface area contributed by atoms with E-state index in [4.69, 9.17) is 32.7 Å². The smallest absolute Gasteiger partial charge is 0.387 e.